The molecule has 2 fully saturated rings. The summed E-state index contributed by atoms with van der Waals surface area (Å²) < 4.78 is 0. The molecule has 2 N–H and O–H groups in total. The third-order valence-corrected chi connectivity index (χ3v) is 7.68. The van der Waals surface area contributed by atoms with Crippen LogP contribution in [-0.2, 0) is 4.79 Å². The lowest BCUT2D eigenvalue weighted by Crippen LogP contribution is -2.29. The number of carbonyl (C=O) groups is 1. The number of aromatic nitrogens is 2. The number of carbonyl (C=O) groups excluding carboxylic acids is 1. The Kier molecular flexibility index (Phi) is 6.30. The Morgan fingerprint density at radius 3 is 2.91 bits per heavy atom. The monoisotopic (exact) mass is 490 g/mol. The fourth-order valence-electron chi connectivity index (χ4n) is 4.50. The van der Waals surface area contributed by atoms with Gasteiger partial charge in [-0.1, -0.05) is 25.3 Å². The third kappa shape index (κ3) is 4.17. The van der Waals surface area contributed by atoms with Gasteiger partial charge in [0.05, 0.1) is 17.4 Å². The summed E-state index contributed by atoms with van der Waals surface area (Å²) in [5.74, 6) is 1.06. The van der Waals surface area contributed by atoms with Gasteiger partial charge in [0.15, 0.2) is 5.11 Å². The molecule has 1 unspecified atom stereocenters. The molecule has 0 saturated carbocycles. The Morgan fingerprint density at radius 2 is 2.18 bits per heavy atom. The van der Waals surface area contributed by atoms with Crippen LogP contribution in [0.25, 0.3) is 23.2 Å². The molecular weight excluding hydrogens is 464 g/mol. The molecule has 5 rings (SSSR count). The molecule has 7 nitrogen and oxygen atoms in total. The molecule has 0 spiro atoms. The van der Waals surface area contributed by atoms with Crippen molar-refractivity contribution in [1.82, 2.24) is 20.2 Å². The average molecular weight is 491 g/mol. The van der Waals surface area contributed by atoms with E-state index in [1.807, 2.05) is 29.2 Å². The van der Waals surface area contributed by atoms with E-state index in [0.29, 0.717) is 18.1 Å². The summed E-state index contributed by atoms with van der Waals surface area (Å²) in [6, 6.07) is 8.03. The van der Waals surface area contributed by atoms with Crippen molar-refractivity contribution < 1.29 is 4.79 Å². The topological polar surface area (TPSA) is 76.6 Å². The summed E-state index contributed by atoms with van der Waals surface area (Å²) in [5.41, 5.74) is 3.86. The van der Waals surface area contributed by atoms with Gasteiger partial charge in [-0.25, -0.2) is 4.98 Å². The zero-order valence-electron chi connectivity index (χ0n) is 18.8. The highest BCUT2D eigenvalue weighted by atomic mass is 32.1. The lowest BCUT2D eigenvalue weighted by Gasteiger charge is -2.24. The number of benzene rings is 1. The second kappa shape index (κ2) is 9.52. The predicted molar refractivity (Wildman–Crippen MR) is 144 cm³/mol. The standard InChI is InChI=1S/C25H26N6OS2/c1-3-16-13-21(34-20(16)4-2)23-24(26-10-6-12-30-11-5-7-22(30)32)29-25(33)31(23)17-8-9-18-19(14-17)28-15-27-18/h3-4,8-9,13-15,23H,1-2,5-7,10-12H2,(H,27,28)(H,26,29,33). The Hall–Kier alpha value is -3.30. The molecule has 2 aromatic heterocycles. The van der Waals surface area contributed by atoms with Gasteiger partial charge in [0.1, 0.15) is 11.9 Å². The summed E-state index contributed by atoms with van der Waals surface area (Å²) in [5, 5.41) is 3.95. The maximum atomic E-state index is 11.9. The van der Waals surface area contributed by atoms with Crippen LogP contribution in [0.4, 0.5) is 5.69 Å². The summed E-state index contributed by atoms with van der Waals surface area (Å²) >= 11 is 7.44. The molecule has 2 saturated heterocycles. The van der Waals surface area contributed by atoms with E-state index in [1.165, 1.54) is 0 Å². The van der Waals surface area contributed by atoms with E-state index in [1.54, 1.807) is 17.7 Å². The molecule has 34 heavy (non-hydrogen) atoms. The molecular formula is C25H26N6OS2. The number of imidazole rings is 1. The highest BCUT2D eigenvalue weighted by Crippen LogP contribution is 2.38. The first-order chi connectivity index (χ1) is 16.6. The van der Waals surface area contributed by atoms with Crippen molar-refractivity contribution in [2.75, 3.05) is 24.5 Å². The van der Waals surface area contributed by atoms with Crippen molar-refractivity contribution in [3.8, 4) is 0 Å². The number of anilines is 1. The smallest absolute Gasteiger partial charge is 0.222 e. The fraction of sp³-hybridized carbons (Fsp3) is 0.280. The Bertz CT molecular complexity index is 1280. The van der Waals surface area contributed by atoms with E-state index in [2.05, 4.69) is 45.5 Å². The Balaban J connectivity index is 1.46. The van der Waals surface area contributed by atoms with Crippen molar-refractivity contribution in [2.45, 2.75) is 25.3 Å². The van der Waals surface area contributed by atoms with Gasteiger partial charge in [0, 0.05) is 41.5 Å². The molecule has 1 atom stereocenters. The summed E-state index contributed by atoms with van der Waals surface area (Å²) in [6.07, 6.45) is 7.83. The number of aliphatic imine (C=N–C) groups is 1. The number of nitrogens with zero attached hydrogens (tertiary/aromatic N) is 4. The molecule has 0 aliphatic carbocycles. The number of hydrogen-bond donors (Lipinski definition) is 2. The van der Waals surface area contributed by atoms with Gasteiger partial charge >= 0.3 is 0 Å². The quantitative estimate of drug-likeness (QED) is 0.352. The van der Waals surface area contributed by atoms with Crippen LogP contribution in [0.15, 0.2) is 48.7 Å². The number of amides is 1. The summed E-state index contributed by atoms with van der Waals surface area (Å²) in [7, 11) is 0. The summed E-state index contributed by atoms with van der Waals surface area (Å²) in [4.78, 5) is 30.5. The number of likely N-dealkylation sites (tertiary alicyclic amines) is 1. The van der Waals surface area contributed by atoms with E-state index in [0.717, 1.165) is 63.8 Å². The minimum Gasteiger partial charge on any atom is -0.345 e. The zero-order valence-corrected chi connectivity index (χ0v) is 20.4. The largest absolute Gasteiger partial charge is 0.345 e. The van der Waals surface area contributed by atoms with Gasteiger partial charge < -0.3 is 20.1 Å². The molecule has 2 aliphatic rings. The van der Waals surface area contributed by atoms with Gasteiger partial charge in [0.2, 0.25) is 5.91 Å². The van der Waals surface area contributed by atoms with Crippen LogP contribution in [0.3, 0.4) is 0 Å². The van der Waals surface area contributed by atoms with E-state index in [-0.39, 0.29) is 11.9 Å². The lowest BCUT2D eigenvalue weighted by molar-refractivity contribution is -0.127. The second-order valence-electron chi connectivity index (χ2n) is 8.29. The van der Waals surface area contributed by atoms with Crippen LogP contribution in [0.5, 0.6) is 0 Å². The van der Waals surface area contributed by atoms with Gasteiger partial charge in [0.25, 0.3) is 0 Å². The van der Waals surface area contributed by atoms with Gasteiger partial charge in [-0.2, -0.15) is 0 Å². The number of amidine groups is 1. The van der Waals surface area contributed by atoms with Crippen molar-refractivity contribution in [2.24, 2.45) is 4.99 Å². The van der Waals surface area contributed by atoms with Gasteiger partial charge in [-0.15, -0.1) is 11.3 Å². The molecule has 9 heteroatoms. The van der Waals surface area contributed by atoms with Gasteiger partial charge in [-0.05, 0) is 54.9 Å². The number of fused-ring (bicyclic) bond motifs is 1. The molecule has 1 aromatic carbocycles. The highest BCUT2D eigenvalue weighted by molar-refractivity contribution is 7.80. The van der Waals surface area contributed by atoms with Crippen LogP contribution in [0.2, 0.25) is 0 Å². The zero-order chi connectivity index (χ0) is 23.7. The van der Waals surface area contributed by atoms with Crippen LogP contribution in [-0.4, -0.2) is 51.4 Å². The molecule has 174 valence electrons. The number of thiocarbonyl (C=S) groups is 1. The minimum atomic E-state index is -0.182. The number of hydrogen-bond acceptors (Lipinski definition) is 5. The molecule has 0 radical (unpaired) electrons. The van der Waals surface area contributed by atoms with Crippen molar-refractivity contribution in [3.05, 3.63) is 59.1 Å². The summed E-state index contributed by atoms with van der Waals surface area (Å²) in [6.45, 7) is 10.1. The lowest BCUT2D eigenvalue weighted by atomic mass is 10.1. The van der Waals surface area contributed by atoms with E-state index < -0.39 is 0 Å². The number of aromatic amines is 1. The second-order valence-corrected chi connectivity index (χ2v) is 9.79. The molecule has 1 amide bonds. The van der Waals surface area contributed by atoms with Crippen molar-refractivity contribution >= 4 is 69.3 Å². The first-order valence-corrected chi connectivity index (χ1v) is 12.6. The van der Waals surface area contributed by atoms with Crippen molar-refractivity contribution in [1.29, 1.82) is 0 Å². The minimum absolute atomic E-state index is 0.182. The average Bonchev–Trinajstić information content (AvgIpc) is 3.62. The number of rotatable bonds is 8. The van der Waals surface area contributed by atoms with E-state index >= 15 is 0 Å². The SMILES string of the molecule is C=Cc1cc(C2C(=NCCCN3CCCC3=O)NC(=S)N2c2ccc3nc[nH]c3c2)sc1C=C. The maximum Gasteiger partial charge on any atom is 0.222 e. The van der Waals surface area contributed by atoms with E-state index in [9.17, 15) is 4.79 Å². The molecule has 4 heterocycles. The fourth-order valence-corrected chi connectivity index (χ4v) is 5.93. The predicted octanol–water partition coefficient (Wildman–Crippen LogP) is 4.76. The van der Waals surface area contributed by atoms with Crippen LogP contribution < -0.4 is 10.2 Å². The first kappa shape index (κ1) is 22.5. The van der Waals surface area contributed by atoms with Crippen LogP contribution >= 0.6 is 23.6 Å². The first-order valence-electron chi connectivity index (χ1n) is 11.3. The number of H-pyrrole nitrogens is 1. The Labute approximate surface area is 207 Å². The van der Waals surface area contributed by atoms with Gasteiger partial charge in [-0.3, -0.25) is 9.79 Å². The molecule has 2 aliphatic heterocycles. The van der Waals surface area contributed by atoms with E-state index in [4.69, 9.17) is 17.2 Å². The number of thiophene rings is 1. The third-order valence-electron chi connectivity index (χ3n) is 6.18. The normalized spacial score (nSPS) is 19.4. The van der Waals surface area contributed by atoms with Crippen molar-refractivity contribution in [3.63, 3.8) is 0 Å². The molecule has 0 bridgehead atoms. The van der Waals surface area contributed by atoms with Crippen LogP contribution in [0, 0.1) is 0 Å². The maximum absolute atomic E-state index is 11.9. The highest BCUT2D eigenvalue weighted by Gasteiger charge is 2.37. The Morgan fingerprint density at radius 1 is 1.29 bits per heavy atom. The van der Waals surface area contributed by atoms with Crippen LogP contribution in [0.1, 0.15) is 40.6 Å². The number of nitrogens with one attached hydrogen (secondary N) is 2. The molecule has 3 aromatic rings.